The maximum Gasteiger partial charge on any atom is 0.188 e. The minimum atomic E-state index is -1.43. The fourth-order valence-corrected chi connectivity index (χ4v) is 2.53. The van der Waals surface area contributed by atoms with Crippen LogP contribution in [0.2, 0.25) is 0 Å². The van der Waals surface area contributed by atoms with Gasteiger partial charge in [-0.05, 0) is 12.5 Å². The average molecular weight is 298 g/mol. The van der Waals surface area contributed by atoms with E-state index < -0.39 is 36.8 Å². The van der Waals surface area contributed by atoms with Crippen LogP contribution in [0, 0.1) is 0 Å². The molecule has 1 aliphatic rings. The van der Waals surface area contributed by atoms with Gasteiger partial charge >= 0.3 is 0 Å². The van der Waals surface area contributed by atoms with Crippen molar-refractivity contribution < 1.29 is 29.5 Å². The van der Waals surface area contributed by atoms with Crippen molar-refractivity contribution in [2.75, 3.05) is 13.7 Å². The van der Waals surface area contributed by atoms with Crippen molar-refractivity contribution in [2.45, 2.75) is 43.7 Å². The predicted octanol–water partition coefficient (Wildman–Crippen LogP) is 0.0473. The molecule has 0 saturated carbocycles. The van der Waals surface area contributed by atoms with Gasteiger partial charge in [-0.25, -0.2) is 0 Å². The molecule has 2 rings (SSSR count). The van der Waals surface area contributed by atoms with Crippen LogP contribution in [-0.2, 0) is 20.8 Å². The molecule has 0 aliphatic carbocycles. The third kappa shape index (κ3) is 3.42. The van der Waals surface area contributed by atoms with Gasteiger partial charge in [0.25, 0.3) is 0 Å². The van der Waals surface area contributed by atoms with Crippen molar-refractivity contribution in [3.63, 3.8) is 0 Å². The summed E-state index contributed by atoms with van der Waals surface area (Å²) in [6, 6.07) is 9.48. The number of ether oxygens (including phenoxy) is 3. The Morgan fingerprint density at radius 3 is 2.57 bits per heavy atom. The molecule has 6 nitrogen and oxygen atoms in total. The Bertz CT molecular complexity index is 435. The highest BCUT2D eigenvalue weighted by Crippen LogP contribution is 2.35. The molecule has 0 spiro atoms. The van der Waals surface area contributed by atoms with Crippen LogP contribution in [0.1, 0.15) is 12.5 Å². The Morgan fingerprint density at radius 1 is 1.33 bits per heavy atom. The summed E-state index contributed by atoms with van der Waals surface area (Å²) in [4.78, 5) is 0. The first kappa shape index (κ1) is 16.4. The predicted molar refractivity (Wildman–Crippen MR) is 74.4 cm³/mol. The Hall–Kier alpha value is -1.02. The molecule has 6 heteroatoms. The molecular formula is C15H22O6. The van der Waals surface area contributed by atoms with E-state index in [1.54, 1.807) is 0 Å². The maximum absolute atomic E-state index is 10.5. The average Bonchev–Trinajstić information content (AvgIpc) is 2.75. The molecule has 1 aromatic rings. The molecule has 1 unspecified atom stereocenters. The van der Waals surface area contributed by atoms with Crippen molar-refractivity contribution in [1.29, 1.82) is 0 Å². The molecule has 3 N–H and O–H groups in total. The van der Waals surface area contributed by atoms with Crippen LogP contribution in [0.5, 0.6) is 0 Å². The van der Waals surface area contributed by atoms with E-state index in [0.717, 1.165) is 5.56 Å². The van der Waals surface area contributed by atoms with Crippen molar-refractivity contribution in [2.24, 2.45) is 0 Å². The molecule has 21 heavy (non-hydrogen) atoms. The lowest BCUT2D eigenvalue weighted by Gasteiger charge is -2.30. The lowest BCUT2D eigenvalue weighted by Crippen LogP contribution is -2.50. The van der Waals surface area contributed by atoms with Gasteiger partial charge in [0.05, 0.1) is 13.2 Å². The zero-order chi connectivity index (χ0) is 15.5. The summed E-state index contributed by atoms with van der Waals surface area (Å²) in [5.41, 5.74) is -0.490. The van der Waals surface area contributed by atoms with Gasteiger partial charge in [-0.2, -0.15) is 0 Å². The van der Waals surface area contributed by atoms with Gasteiger partial charge < -0.3 is 29.5 Å². The molecule has 1 aromatic carbocycles. The second-order valence-corrected chi connectivity index (χ2v) is 5.36. The molecule has 0 bridgehead atoms. The number of hydrogen-bond donors (Lipinski definition) is 3. The fraction of sp³-hybridized carbons (Fsp3) is 0.600. The van der Waals surface area contributed by atoms with E-state index in [9.17, 15) is 10.2 Å². The van der Waals surface area contributed by atoms with Crippen LogP contribution < -0.4 is 0 Å². The van der Waals surface area contributed by atoms with Crippen LogP contribution >= 0.6 is 0 Å². The number of rotatable bonds is 6. The lowest BCUT2D eigenvalue weighted by molar-refractivity contribution is -0.193. The van der Waals surface area contributed by atoms with E-state index in [4.69, 9.17) is 19.3 Å². The van der Waals surface area contributed by atoms with E-state index in [1.165, 1.54) is 14.0 Å². The van der Waals surface area contributed by atoms with Crippen molar-refractivity contribution in [3.8, 4) is 0 Å². The first-order chi connectivity index (χ1) is 10.0. The van der Waals surface area contributed by atoms with Gasteiger partial charge in [0.1, 0.15) is 23.9 Å². The van der Waals surface area contributed by atoms with Crippen molar-refractivity contribution >= 4 is 0 Å². The smallest absolute Gasteiger partial charge is 0.188 e. The van der Waals surface area contributed by atoms with Crippen LogP contribution in [0.4, 0.5) is 0 Å². The van der Waals surface area contributed by atoms with Gasteiger partial charge in [0.15, 0.2) is 6.29 Å². The highest BCUT2D eigenvalue weighted by molar-refractivity contribution is 5.14. The monoisotopic (exact) mass is 298 g/mol. The Morgan fingerprint density at radius 2 is 2.00 bits per heavy atom. The number of methoxy groups -OCH3 is 1. The van der Waals surface area contributed by atoms with Crippen LogP contribution in [0.15, 0.2) is 30.3 Å². The van der Waals surface area contributed by atoms with Gasteiger partial charge in [-0.1, -0.05) is 30.3 Å². The number of aliphatic hydroxyl groups excluding tert-OH is 2. The van der Waals surface area contributed by atoms with Crippen LogP contribution in [0.25, 0.3) is 0 Å². The van der Waals surface area contributed by atoms with E-state index >= 15 is 0 Å². The van der Waals surface area contributed by atoms with Gasteiger partial charge in [0.2, 0.25) is 0 Å². The number of hydrogen-bond acceptors (Lipinski definition) is 6. The minimum Gasteiger partial charge on any atom is -0.394 e. The quantitative estimate of drug-likeness (QED) is 0.687. The second-order valence-electron chi connectivity index (χ2n) is 5.36. The zero-order valence-electron chi connectivity index (χ0n) is 12.2. The topological polar surface area (TPSA) is 88.4 Å². The Kier molecular flexibility index (Phi) is 5.32. The van der Waals surface area contributed by atoms with E-state index in [2.05, 4.69) is 0 Å². The minimum absolute atomic E-state index is 0.260. The molecule has 0 radical (unpaired) electrons. The molecule has 1 heterocycles. The third-order valence-corrected chi connectivity index (χ3v) is 3.69. The van der Waals surface area contributed by atoms with E-state index in [1.807, 2.05) is 30.3 Å². The summed E-state index contributed by atoms with van der Waals surface area (Å²) in [6.45, 7) is 1.30. The van der Waals surface area contributed by atoms with Gasteiger partial charge in [-0.3, -0.25) is 0 Å². The van der Waals surface area contributed by atoms with Gasteiger partial charge in [0, 0.05) is 7.11 Å². The third-order valence-electron chi connectivity index (χ3n) is 3.69. The second kappa shape index (κ2) is 6.83. The van der Waals surface area contributed by atoms with E-state index in [-0.39, 0.29) is 6.61 Å². The molecular weight excluding hydrogens is 276 g/mol. The summed E-state index contributed by atoms with van der Waals surface area (Å²) in [6.07, 6.45) is -3.76. The Balaban J connectivity index is 2.11. The first-order valence-electron chi connectivity index (χ1n) is 6.85. The maximum atomic E-state index is 10.5. The Labute approximate surface area is 123 Å². The summed E-state index contributed by atoms with van der Waals surface area (Å²) in [5, 5.41) is 29.5. The molecule has 1 aliphatic heterocycles. The highest BCUT2D eigenvalue weighted by Gasteiger charge is 2.56. The summed E-state index contributed by atoms with van der Waals surface area (Å²) < 4.78 is 16.3. The van der Waals surface area contributed by atoms with E-state index in [0.29, 0.717) is 0 Å². The highest BCUT2D eigenvalue weighted by atomic mass is 16.7. The first-order valence-corrected chi connectivity index (χ1v) is 6.85. The molecule has 1 fully saturated rings. The molecule has 1 saturated heterocycles. The number of benzene rings is 1. The summed E-state index contributed by atoms with van der Waals surface area (Å²) in [7, 11) is 1.40. The number of aliphatic hydroxyl groups is 3. The van der Waals surface area contributed by atoms with Crippen molar-refractivity contribution in [1.82, 2.24) is 0 Å². The molecule has 118 valence electrons. The molecule has 0 aromatic heterocycles. The van der Waals surface area contributed by atoms with Crippen LogP contribution in [0.3, 0.4) is 0 Å². The van der Waals surface area contributed by atoms with Crippen molar-refractivity contribution in [3.05, 3.63) is 35.9 Å². The zero-order valence-corrected chi connectivity index (χ0v) is 12.2. The normalized spacial score (nSPS) is 34.0. The molecule has 0 amide bonds. The summed E-state index contributed by atoms with van der Waals surface area (Å²) in [5.74, 6) is 0. The largest absolute Gasteiger partial charge is 0.394 e. The van der Waals surface area contributed by atoms with Gasteiger partial charge in [-0.15, -0.1) is 0 Å². The molecule has 5 atom stereocenters. The SMILES string of the molecule is CO[C@H]1O[C@H](C(O)CO)[C@@H](OCc2ccccc2)[C@@]1(C)O. The standard InChI is InChI=1S/C15H22O6/c1-15(18)13(20-9-10-6-4-3-5-7-10)12(11(17)8-16)21-14(15)19-2/h3-7,11-14,16-18H,8-9H2,1-2H3/t11?,12-,13-,14+,15-/m1/s1. The fourth-order valence-electron chi connectivity index (χ4n) is 2.53. The van der Waals surface area contributed by atoms with Crippen LogP contribution in [-0.4, -0.2) is 59.2 Å². The summed E-state index contributed by atoms with van der Waals surface area (Å²) >= 11 is 0. The lowest BCUT2D eigenvalue weighted by atomic mass is 9.95.